The molecule has 0 saturated carbocycles. The third kappa shape index (κ3) is 4.95. The van der Waals surface area contributed by atoms with Crippen LogP contribution in [0.25, 0.3) is 10.2 Å². The maximum absolute atomic E-state index is 13.8. The summed E-state index contributed by atoms with van der Waals surface area (Å²) in [5, 5.41) is 6.01. The van der Waals surface area contributed by atoms with Crippen LogP contribution in [-0.4, -0.2) is 38.4 Å². The average Bonchev–Trinajstić information content (AvgIpc) is 3.27. The molecule has 0 aliphatic rings. The van der Waals surface area contributed by atoms with Gasteiger partial charge in [-0.25, -0.2) is 9.37 Å². The fraction of sp³-hybridized carbons (Fsp3) is 0.192. The zero-order valence-corrected chi connectivity index (χ0v) is 20.8. The first-order chi connectivity index (χ1) is 16.8. The Hall–Kier alpha value is -3.98. The minimum Gasteiger partial charge on any atom is -0.493 e. The Morgan fingerprint density at radius 3 is 2.31 bits per heavy atom. The first kappa shape index (κ1) is 24.2. The summed E-state index contributed by atoms with van der Waals surface area (Å²) in [6.45, 7) is 3.92. The molecule has 0 aliphatic heterocycles. The fourth-order valence-electron chi connectivity index (χ4n) is 3.46. The van der Waals surface area contributed by atoms with E-state index in [0.29, 0.717) is 43.7 Å². The second-order valence-corrected chi connectivity index (χ2v) is 8.74. The minimum absolute atomic E-state index is 0.317. The predicted molar refractivity (Wildman–Crippen MR) is 136 cm³/mol. The van der Waals surface area contributed by atoms with Crippen molar-refractivity contribution in [1.29, 1.82) is 0 Å². The molecule has 0 aliphatic carbocycles. The Morgan fingerprint density at radius 1 is 0.971 bits per heavy atom. The molecule has 4 rings (SSSR count). The van der Waals surface area contributed by atoms with Crippen LogP contribution in [0, 0.1) is 19.7 Å². The average molecular weight is 494 g/mol. The van der Waals surface area contributed by atoms with Crippen LogP contribution < -0.4 is 19.2 Å². The quantitative estimate of drug-likeness (QED) is 0.242. The van der Waals surface area contributed by atoms with Crippen LogP contribution in [0.1, 0.15) is 27.0 Å². The van der Waals surface area contributed by atoms with Crippen molar-refractivity contribution in [2.45, 2.75) is 13.8 Å². The standard InChI is InChI=1S/C26H24FN3O4S/c1-15-6-7-18(10-16(15)2)25(31)30(26-29-20-9-8-19(27)13-23(20)35-26)28-14-17-11-21(32-3)24(34-5)22(12-17)33-4/h6-14H,1-5H3/b28-14+. The Kier molecular flexibility index (Phi) is 6.97. The van der Waals surface area contributed by atoms with Gasteiger partial charge in [0.2, 0.25) is 10.9 Å². The third-order valence-corrected chi connectivity index (χ3v) is 6.47. The highest BCUT2D eigenvalue weighted by Crippen LogP contribution is 2.38. The molecule has 0 fully saturated rings. The number of anilines is 1. The summed E-state index contributed by atoms with van der Waals surface area (Å²) in [5.41, 5.74) is 3.71. The largest absolute Gasteiger partial charge is 0.493 e. The van der Waals surface area contributed by atoms with Crippen molar-refractivity contribution in [2.24, 2.45) is 5.10 Å². The van der Waals surface area contributed by atoms with Gasteiger partial charge in [-0.15, -0.1) is 0 Å². The SMILES string of the molecule is COc1cc(/C=N/N(C(=O)c2ccc(C)c(C)c2)c2nc3ccc(F)cc3s2)cc(OC)c1OC. The number of amides is 1. The molecule has 0 spiro atoms. The van der Waals surface area contributed by atoms with Gasteiger partial charge in [0.1, 0.15) is 5.82 Å². The highest BCUT2D eigenvalue weighted by molar-refractivity contribution is 7.22. The molecule has 180 valence electrons. The molecule has 9 heteroatoms. The zero-order valence-electron chi connectivity index (χ0n) is 20.0. The van der Waals surface area contributed by atoms with E-state index in [4.69, 9.17) is 14.2 Å². The number of rotatable bonds is 7. The lowest BCUT2D eigenvalue weighted by molar-refractivity contribution is 0.0987. The molecule has 0 N–H and O–H groups in total. The number of thiazole rings is 1. The number of hydrazone groups is 1. The summed E-state index contributed by atoms with van der Waals surface area (Å²) < 4.78 is 30.6. The second kappa shape index (κ2) is 10.1. The lowest BCUT2D eigenvalue weighted by Gasteiger charge is -2.15. The van der Waals surface area contributed by atoms with Gasteiger partial charge in [-0.05, 0) is 67.4 Å². The lowest BCUT2D eigenvalue weighted by Crippen LogP contribution is -2.25. The van der Waals surface area contributed by atoms with Crippen molar-refractivity contribution in [3.63, 3.8) is 0 Å². The number of methoxy groups -OCH3 is 3. The molecular weight excluding hydrogens is 469 g/mol. The molecule has 0 bridgehead atoms. The number of carbonyl (C=O) groups is 1. The number of carbonyl (C=O) groups excluding carboxylic acids is 1. The van der Waals surface area contributed by atoms with E-state index < -0.39 is 0 Å². The summed E-state index contributed by atoms with van der Waals surface area (Å²) in [6.07, 6.45) is 1.51. The zero-order chi connectivity index (χ0) is 25.1. The van der Waals surface area contributed by atoms with Crippen molar-refractivity contribution in [3.05, 3.63) is 76.6 Å². The van der Waals surface area contributed by atoms with Crippen molar-refractivity contribution in [2.75, 3.05) is 26.3 Å². The molecule has 0 atom stereocenters. The van der Waals surface area contributed by atoms with Gasteiger partial charge in [0.15, 0.2) is 11.5 Å². The number of aromatic nitrogens is 1. The van der Waals surface area contributed by atoms with Gasteiger partial charge in [0.05, 0.1) is 37.8 Å². The smallest absolute Gasteiger partial charge is 0.280 e. The molecular formula is C26H24FN3O4S. The number of hydrogen-bond acceptors (Lipinski definition) is 7. The van der Waals surface area contributed by atoms with E-state index in [2.05, 4.69) is 10.1 Å². The van der Waals surface area contributed by atoms with Gasteiger partial charge in [-0.2, -0.15) is 10.1 Å². The van der Waals surface area contributed by atoms with E-state index in [0.717, 1.165) is 11.1 Å². The van der Waals surface area contributed by atoms with Crippen molar-refractivity contribution < 1.29 is 23.4 Å². The van der Waals surface area contributed by atoms with E-state index in [1.165, 1.54) is 56.0 Å². The van der Waals surface area contributed by atoms with E-state index >= 15 is 0 Å². The minimum atomic E-state index is -0.374. The monoisotopic (exact) mass is 493 g/mol. The summed E-state index contributed by atoms with van der Waals surface area (Å²) in [7, 11) is 4.57. The van der Waals surface area contributed by atoms with Crippen LogP contribution in [0.4, 0.5) is 9.52 Å². The molecule has 35 heavy (non-hydrogen) atoms. The molecule has 7 nitrogen and oxygen atoms in total. The normalized spacial score (nSPS) is 11.1. The Morgan fingerprint density at radius 2 is 1.69 bits per heavy atom. The number of benzene rings is 3. The van der Waals surface area contributed by atoms with Crippen LogP contribution >= 0.6 is 11.3 Å². The molecule has 0 radical (unpaired) electrons. The van der Waals surface area contributed by atoms with Gasteiger partial charge >= 0.3 is 0 Å². The second-order valence-electron chi connectivity index (χ2n) is 7.73. The first-order valence-corrected chi connectivity index (χ1v) is 11.5. The van der Waals surface area contributed by atoms with Gasteiger partial charge in [0, 0.05) is 11.1 Å². The summed E-state index contributed by atoms with van der Waals surface area (Å²) in [5.74, 6) is 0.618. The Balaban J connectivity index is 1.80. The summed E-state index contributed by atoms with van der Waals surface area (Å²) in [4.78, 5) is 18.1. The highest BCUT2D eigenvalue weighted by Gasteiger charge is 2.22. The topological polar surface area (TPSA) is 73.2 Å². The van der Waals surface area contributed by atoms with E-state index in [9.17, 15) is 9.18 Å². The Bertz CT molecular complexity index is 1410. The van der Waals surface area contributed by atoms with Gasteiger partial charge in [0.25, 0.3) is 5.91 Å². The number of hydrogen-bond donors (Lipinski definition) is 0. The number of halogens is 1. The number of ether oxygens (including phenoxy) is 3. The Labute approximate surface area is 206 Å². The number of fused-ring (bicyclic) bond motifs is 1. The highest BCUT2D eigenvalue weighted by atomic mass is 32.1. The van der Waals surface area contributed by atoms with Crippen molar-refractivity contribution in [1.82, 2.24) is 4.98 Å². The fourth-order valence-corrected chi connectivity index (χ4v) is 4.41. The maximum atomic E-state index is 13.8. The van der Waals surface area contributed by atoms with Crippen LogP contribution in [0.2, 0.25) is 0 Å². The van der Waals surface area contributed by atoms with Crippen molar-refractivity contribution >= 4 is 38.8 Å². The van der Waals surface area contributed by atoms with Crippen LogP contribution in [-0.2, 0) is 0 Å². The lowest BCUT2D eigenvalue weighted by atomic mass is 10.1. The summed E-state index contributed by atoms with van der Waals surface area (Å²) >= 11 is 1.18. The summed E-state index contributed by atoms with van der Waals surface area (Å²) in [6, 6.07) is 13.2. The van der Waals surface area contributed by atoms with Gasteiger partial charge < -0.3 is 14.2 Å². The third-order valence-electron chi connectivity index (χ3n) is 5.48. The van der Waals surface area contributed by atoms with Crippen molar-refractivity contribution in [3.8, 4) is 17.2 Å². The van der Waals surface area contributed by atoms with E-state index in [1.54, 1.807) is 24.3 Å². The molecule has 1 amide bonds. The van der Waals surface area contributed by atoms with Gasteiger partial charge in [-0.3, -0.25) is 4.79 Å². The molecule has 0 unspecified atom stereocenters. The van der Waals surface area contributed by atoms with Crippen LogP contribution in [0.5, 0.6) is 17.2 Å². The van der Waals surface area contributed by atoms with Gasteiger partial charge in [-0.1, -0.05) is 17.4 Å². The number of aryl methyl sites for hydroxylation is 2. The van der Waals surface area contributed by atoms with E-state index in [-0.39, 0.29) is 11.7 Å². The molecule has 1 aromatic heterocycles. The molecule has 0 saturated heterocycles. The maximum Gasteiger partial charge on any atom is 0.280 e. The first-order valence-electron chi connectivity index (χ1n) is 10.7. The van der Waals surface area contributed by atoms with Crippen LogP contribution in [0.3, 0.4) is 0 Å². The predicted octanol–water partition coefficient (Wildman–Crippen LogP) is 5.76. The van der Waals surface area contributed by atoms with Crippen LogP contribution in [0.15, 0.2) is 53.6 Å². The molecule has 1 heterocycles. The number of nitrogens with zero attached hydrogens (tertiary/aromatic N) is 3. The molecule has 4 aromatic rings. The van der Waals surface area contributed by atoms with E-state index in [1.807, 2.05) is 26.0 Å². The molecule has 3 aromatic carbocycles.